The zero-order valence-electron chi connectivity index (χ0n) is 15.5. The number of rotatable bonds is 4. The Balaban J connectivity index is 1.37. The fourth-order valence-corrected chi connectivity index (χ4v) is 3.84. The predicted octanol–water partition coefficient (Wildman–Crippen LogP) is 1.65. The average molecular weight is 373 g/mol. The van der Waals surface area contributed by atoms with Crippen LogP contribution < -0.4 is 4.74 Å². The van der Waals surface area contributed by atoms with E-state index >= 15 is 0 Å². The minimum absolute atomic E-state index is 0.0694. The van der Waals surface area contributed by atoms with Gasteiger partial charge in [0, 0.05) is 25.6 Å². The summed E-state index contributed by atoms with van der Waals surface area (Å²) in [6.45, 7) is 3.84. The zero-order valence-corrected chi connectivity index (χ0v) is 15.5. The Labute approximate surface area is 157 Å². The van der Waals surface area contributed by atoms with E-state index in [1.807, 2.05) is 0 Å². The largest absolute Gasteiger partial charge is 0.484 e. The molecule has 2 aliphatic heterocycles. The van der Waals surface area contributed by atoms with Crippen molar-refractivity contribution >= 4 is 5.91 Å². The number of likely N-dealkylation sites (N-methyl/N-ethyl adjacent to an activating group) is 1. The van der Waals surface area contributed by atoms with Crippen molar-refractivity contribution in [1.29, 1.82) is 0 Å². The summed E-state index contributed by atoms with van der Waals surface area (Å²) in [5.41, 5.74) is 0. The summed E-state index contributed by atoms with van der Waals surface area (Å²) < 4.78 is 20.6. The van der Waals surface area contributed by atoms with Crippen LogP contribution in [0.5, 0.6) is 5.75 Å². The molecule has 1 aromatic carbocycles. The normalized spacial score (nSPS) is 20.4. The van der Waals surface area contributed by atoms with Crippen molar-refractivity contribution in [3.05, 3.63) is 41.7 Å². The standard InChI is InChI=1S/C19H24FN5O2/c1-23-8-2-3-14(11-23)19-22-21-17-12-24(9-10-25(17)19)18(26)13-27-16-6-4-15(20)5-7-16/h4-7,14H,2-3,8-13H2,1H3. The molecule has 1 fully saturated rings. The Morgan fingerprint density at radius 3 is 2.81 bits per heavy atom. The van der Waals surface area contributed by atoms with Crippen LogP contribution in [0.4, 0.5) is 4.39 Å². The number of hydrogen-bond donors (Lipinski definition) is 0. The highest BCUT2D eigenvalue weighted by Crippen LogP contribution is 2.27. The van der Waals surface area contributed by atoms with E-state index in [1.54, 1.807) is 4.90 Å². The Kier molecular flexibility index (Phi) is 5.07. The fraction of sp³-hybridized carbons (Fsp3) is 0.526. The lowest BCUT2D eigenvalue weighted by Crippen LogP contribution is -2.41. The molecule has 7 nitrogen and oxygen atoms in total. The van der Waals surface area contributed by atoms with E-state index in [1.165, 1.54) is 30.7 Å². The smallest absolute Gasteiger partial charge is 0.260 e. The molecule has 0 saturated carbocycles. The van der Waals surface area contributed by atoms with Crippen LogP contribution in [0, 0.1) is 5.82 Å². The molecule has 0 radical (unpaired) electrons. The van der Waals surface area contributed by atoms with Gasteiger partial charge in [0.2, 0.25) is 0 Å². The summed E-state index contributed by atoms with van der Waals surface area (Å²) >= 11 is 0. The first kappa shape index (κ1) is 17.9. The van der Waals surface area contributed by atoms with E-state index in [2.05, 4.69) is 26.7 Å². The second-order valence-corrected chi connectivity index (χ2v) is 7.29. The molecule has 4 rings (SSSR count). The molecular formula is C19H24FN5O2. The summed E-state index contributed by atoms with van der Waals surface area (Å²) in [6.07, 6.45) is 2.31. The topological polar surface area (TPSA) is 63.5 Å². The summed E-state index contributed by atoms with van der Waals surface area (Å²) in [5, 5.41) is 8.77. The number of aromatic nitrogens is 3. The number of fused-ring (bicyclic) bond motifs is 1. The van der Waals surface area contributed by atoms with Gasteiger partial charge in [0.05, 0.1) is 6.54 Å². The summed E-state index contributed by atoms with van der Waals surface area (Å²) in [4.78, 5) is 16.5. The van der Waals surface area contributed by atoms with E-state index in [9.17, 15) is 9.18 Å². The Hall–Kier alpha value is -2.48. The van der Waals surface area contributed by atoms with Gasteiger partial charge in [-0.1, -0.05) is 0 Å². The zero-order chi connectivity index (χ0) is 18.8. The molecule has 8 heteroatoms. The van der Waals surface area contributed by atoms with Crippen molar-refractivity contribution in [3.63, 3.8) is 0 Å². The molecule has 27 heavy (non-hydrogen) atoms. The number of hydrogen-bond acceptors (Lipinski definition) is 5. The molecule has 2 aromatic rings. The molecular weight excluding hydrogens is 349 g/mol. The monoisotopic (exact) mass is 373 g/mol. The maximum absolute atomic E-state index is 12.9. The number of piperidine rings is 1. The minimum atomic E-state index is -0.330. The number of likely N-dealkylation sites (tertiary alicyclic amines) is 1. The molecule has 0 aliphatic carbocycles. The van der Waals surface area contributed by atoms with Crippen LogP contribution in [0.3, 0.4) is 0 Å². The number of ether oxygens (including phenoxy) is 1. The van der Waals surface area contributed by atoms with Crippen molar-refractivity contribution < 1.29 is 13.9 Å². The van der Waals surface area contributed by atoms with Crippen LogP contribution in [0.1, 0.15) is 30.4 Å². The molecule has 144 valence electrons. The quantitative estimate of drug-likeness (QED) is 0.815. The third-order valence-electron chi connectivity index (χ3n) is 5.30. The lowest BCUT2D eigenvalue weighted by molar-refractivity contribution is -0.134. The van der Waals surface area contributed by atoms with Gasteiger partial charge < -0.3 is 19.1 Å². The number of carbonyl (C=O) groups excluding carboxylic acids is 1. The maximum atomic E-state index is 12.9. The molecule has 1 unspecified atom stereocenters. The molecule has 1 aromatic heterocycles. The van der Waals surface area contributed by atoms with Gasteiger partial charge in [0.1, 0.15) is 17.4 Å². The average Bonchev–Trinajstić information content (AvgIpc) is 3.10. The number of amides is 1. The van der Waals surface area contributed by atoms with Crippen molar-refractivity contribution in [2.75, 3.05) is 33.3 Å². The Morgan fingerprint density at radius 1 is 1.22 bits per heavy atom. The van der Waals surface area contributed by atoms with E-state index in [0.717, 1.165) is 31.2 Å². The third-order valence-corrected chi connectivity index (χ3v) is 5.30. The van der Waals surface area contributed by atoms with E-state index < -0.39 is 0 Å². The van der Waals surface area contributed by atoms with Gasteiger partial charge in [-0.3, -0.25) is 4.79 Å². The Bertz CT molecular complexity index is 807. The predicted molar refractivity (Wildman–Crippen MR) is 96.8 cm³/mol. The molecule has 1 atom stereocenters. The van der Waals surface area contributed by atoms with Gasteiger partial charge >= 0.3 is 0 Å². The van der Waals surface area contributed by atoms with E-state index in [0.29, 0.717) is 31.3 Å². The lowest BCUT2D eigenvalue weighted by Gasteiger charge is -2.32. The van der Waals surface area contributed by atoms with Crippen molar-refractivity contribution in [3.8, 4) is 5.75 Å². The van der Waals surface area contributed by atoms with E-state index in [4.69, 9.17) is 4.74 Å². The van der Waals surface area contributed by atoms with E-state index in [-0.39, 0.29) is 18.3 Å². The van der Waals surface area contributed by atoms with Crippen LogP contribution in [-0.4, -0.2) is 63.8 Å². The van der Waals surface area contributed by atoms with Gasteiger partial charge in [-0.2, -0.15) is 0 Å². The highest BCUT2D eigenvalue weighted by Gasteiger charge is 2.29. The van der Waals surface area contributed by atoms with Gasteiger partial charge in [-0.15, -0.1) is 10.2 Å². The van der Waals surface area contributed by atoms with Crippen molar-refractivity contribution in [1.82, 2.24) is 24.6 Å². The molecule has 2 aliphatic rings. The van der Waals surface area contributed by atoms with Gasteiger partial charge in [0.15, 0.2) is 12.4 Å². The number of halogens is 1. The summed E-state index contributed by atoms with van der Waals surface area (Å²) in [7, 11) is 2.14. The highest BCUT2D eigenvalue weighted by atomic mass is 19.1. The first-order chi connectivity index (χ1) is 13.1. The minimum Gasteiger partial charge on any atom is -0.484 e. The Morgan fingerprint density at radius 2 is 2.04 bits per heavy atom. The molecule has 0 spiro atoms. The van der Waals surface area contributed by atoms with Crippen LogP contribution in [0.25, 0.3) is 0 Å². The molecule has 3 heterocycles. The van der Waals surface area contributed by atoms with Crippen LogP contribution in [-0.2, 0) is 17.9 Å². The van der Waals surface area contributed by atoms with Gasteiger partial charge in [0.25, 0.3) is 5.91 Å². The van der Waals surface area contributed by atoms with Gasteiger partial charge in [-0.05, 0) is 50.7 Å². The maximum Gasteiger partial charge on any atom is 0.260 e. The highest BCUT2D eigenvalue weighted by molar-refractivity contribution is 5.77. The first-order valence-corrected chi connectivity index (χ1v) is 9.37. The lowest BCUT2D eigenvalue weighted by atomic mass is 9.97. The molecule has 1 saturated heterocycles. The van der Waals surface area contributed by atoms with Crippen LogP contribution in [0.15, 0.2) is 24.3 Å². The number of benzene rings is 1. The van der Waals surface area contributed by atoms with Crippen LogP contribution in [0.2, 0.25) is 0 Å². The van der Waals surface area contributed by atoms with Crippen molar-refractivity contribution in [2.24, 2.45) is 0 Å². The first-order valence-electron chi connectivity index (χ1n) is 9.37. The fourth-order valence-electron chi connectivity index (χ4n) is 3.84. The SMILES string of the molecule is CN1CCCC(c2nnc3n2CCN(C(=O)COc2ccc(F)cc2)C3)C1. The molecule has 0 bridgehead atoms. The second-order valence-electron chi connectivity index (χ2n) is 7.29. The summed E-state index contributed by atoms with van der Waals surface area (Å²) in [6, 6.07) is 5.66. The molecule has 1 amide bonds. The molecule has 0 N–H and O–H groups in total. The second kappa shape index (κ2) is 7.64. The third kappa shape index (κ3) is 3.95. The van der Waals surface area contributed by atoms with Crippen molar-refractivity contribution in [2.45, 2.75) is 31.8 Å². The number of carbonyl (C=O) groups is 1. The summed E-state index contributed by atoms with van der Waals surface area (Å²) in [5.74, 6) is 2.34. The number of nitrogens with zero attached hydrogens (tertiary/aromatic N) is 5. The van der Waals surface area contributed by atoms with Gasteiger partial charge in [-0.25, -0.2) is 4.39 Å². The van der Waals surface area contributed by atoms with Crippen LogP contribution >= 0.6 is 0 Å².